The number of nitrogens with one attached hydrogen (secondary N) is 2. The highest BCUT2D eigenvalue weighted by atomic mass is 35.5. The summed E-state index contributed by atoms with van der Waals surface area (Å²) in [6, 6.07) is 11.7. The molecule has 0 atom stereocenters. The maximum Gasteiger partial charge on any atom is 0.199 e. The molecule has 0 spiro atoms. The van der Waals surface area contributed by atoms with Crippen LogP contribution in [0.15, 0.2) is 36.4 Å². The normalized spacial score (nSPS) is 11.9. The smallest absolute Gasteiger partial charge is 0.199 e. The third kappa shape index (κ3) is 3.05. The summed E-state index contributed by atoms with van der Waals surface area (Å²) < 4.78 is 0. The van der Waals surface area contributed by atoms with E-state index in [0.717, 1.165) is 11.1 Å². The van der Waals surface area contributed by atoms with Crippen molar-refractivity contribution in [3.8, 4) is 0 Å². The van der Waals surface area contributed by atoms with Gasteiger partial charge >= 0.3 is 0 Å². The molecule has 0 aliphatic heterocycles. The first-order valence-corrected chi connectivity index (χ1v) is 9.55. The van der Waals surface area contributed by atoms with Gasteiger partial charge in [0.15, 0.2) is 5.96 Å². The summed E-state index contributed by atoms with van der Waals surface area (Å²) in [5.74, 6) is 0.123. The molecule has 0 amide bonds. The van der Waals surface area contributed by atoms with Gasteiger partial charge in [0.2, 0.25) is 0 Å². The quantitative estimate of drug-likeness (QED) is 0.148. The first kappa shape index (κ1) is 18.5. The van der Waals surface area contributed by atoms with Gasteiger partial charge in [0.25, 0.3) is 0 Å². The third-order valence-corrected chi connectivity index (χ3v) is 6.32. The molecule has 0 fully saturated rings. The summed E-state index contributed by atoms with van der Waals surface area (Å²) in [6.07, 6.45) is 4.19. The summed E-state index contributed by atoms with van der Waals surface area (Å²) in [7, 11) is 1.71. The Kier molecular flexibility index (Phi) is 4.73. The molecule has 0 aromatic heterocycles. The van der Waals surface area contributed by atoms with Gasteiger partial charge in [0.05, 0.1) is 25.8 Å². The van der Waals surface area contributed by atoms with Gasteiger partial charge in [-0.05, 0) is 28.6 Å². The van der Waals surface area contributed by atoms with Crippen molar-refractivity contribution in [2.24, 2.45) is 0 Å². The van der Waals surface area contributed by atoms with Crippen LogP contribution in [0.4, 0.5) is 11.4 Å². The second-order valence-electron chi connectivity index (χ2n) is 6.16. The molecule has 0 saturated heterocycles. The Hall–Kier alpha value is -1.91. The summed E-state index contributed by atoms with van der Waals surface area (Å²) in [5.41, 5.74) is 3.66. The van der Waals surface area contributed by atoms with Crippen LogP contribution in [0.25, 0.3) is 22.9 Å². The third-order valence-electron chi connectivity index (χ3n) is 4.58. The number of rotatable bonds is 2. The van der Waals surface area contributed by atoms with Crippen molar-refractivity contribution in [1.29, 1.82) is 5.41 Å². The minimum absolute atomic E-state index is 0.123. The average molecular weight is 437 g/mol. The number of guanidine groups is 1. The van der Waals surface area contributed by atoms with Gasteiger partial charge in [0, 0.05) is 18.1 Å². The van der Waals surface area contributed by atoms with Crippen LogP contribution < -0.4 is 10.2 Å². The second-order valence-corrected chi connectivity index (χ2v) is 7.70. The largest absolute Gasteiger partial charge is 0.326 e. The number of nitrogens with zero attached hydrogens (tertiary/aromatic N) is 1. The molecule has 27 heavy (non-hydrogen) atoms. The van der Waals surface area contributed by atoms with Crippen LogP contribution in [0, 0.1) is 5.41 Å². The van der Waals surface area contributed by atoms with E-state index in [2.05, 4.69) is 23.5 Å². The molecule has 7 heteroatoms. The zero-order chi connectivity index (χ0) is 19.3. The van der Waals surface area contributed by atoms with Gasteiger partial charge in [-0.1, -0.05) is 82.8 Å². The van der Waals surface area contributed by atoms with Gasteiger partial charge in [-0.25, -0.2) is 0 Å². The predicted molar refractivity (Wildman–Crippen MR) is 119 cm³/mol. The Labute approximate surface area is 176 Å². The summed E-state index contributed by atoms with van der Waals surface area (Å²) in [5, 5.41) is 14.7. The van der Waals surface area contributed by atoms with Crippen LogP contribution in [0.5, 0.6) is 0 Å². The molecule has 1 aliphatic rings. The van der Waals surface area contributed by atoms with Crippen molar-refractivity contribution in [2.75, 3.05) is 17.3 Å². The first-order valence-electron chi connectivity index (χ1n) is 8.04. The monoisotopic (exact) mass is 435 g/mol. The maximum absolute atomic E-state index is 8.48. The highest BCUT2D eigenvalue weighted by molar-refractivity contribution is 6.53. The number of benzene rings is 3. The second kappa shape index (κ2) is 6.92. The summed E-state index contributed by atoms with van der Waals surface area (Å²) >= 11 is 24.6. The van der Waals surface area contributed by atoms with Crippen LogP contribution in [-0.4, -0.2) is 13.0 Å². The lowest BCUT2D eigenvalue weighted by molar-refractivity contribution is 1.21. The molecule has 4 rings (SSSR count). The lowest BCUT2D eigenvalue weighted by Gasteiger charge is -2.24. The van der Waals surface area contributed by atoms with Crippen molar-refractivity contribution < 1.29 is 0 Å². The molecule has 0 heterocycles. The van der Waals surface area contributed by atoms with Crippen LogP contribution in [-0.2, 0) is 0 Å². The Balaban J connectivity index is 1.69. The highest BCUT2D eigenvalue weighted by Crippen LogP contribution is 2.42. The zero-order valence-corrected chi connectivity index (χ0v) is 17.1. The van der Waals surface area contributed by atoms with Crippen LogP contribution in [0.3, 0.4) is 0 Å². The fourth-order valence-corrected chi connectivity index (χ4v) is 4.08. The van der Waals surface area contributed by atoms with Crippen molar-refractivity contribution in [3.05, 3.63) is 67.6 Å². The van der Waals surface area contributed by atoms with E-state index in [1.54, 1.807) is 18.0 Å². The molecule has 3 aromatic rings. The van der Waals surface area contributed by atoms with Gasteiger partial charge in [0.1, 0.15) is 0 Å². The van der Waals surface area contributed by atoms with Crippen molar-refractivity contribution in [3.63, 3.8) is 0 Å². The molecular weight excluding hydrogens is 424 g/mol. The maximum atomic E-state index is 8.48. The fraction of sp³-hybridized carbons (Fsp3) is 0.0500. The molecule has 0 bridgehead atoms. The average Bonchev–Trinajstić information content (AvgIpc) is 3.09. The van der Waals surface area contributed by atoms with E-state index < -0.39 is 0 Å². The van der Waals surface area contributed by atoms with Gasteiger partial charge in [-0.3, -0.25) is 5.41 Å². The number of hydrogen-bond acceptors (Lipinski definition) is 1. The summed E-state index contributed by atoms with van der Waals surface area (Å²) in [4.78, 5) is 1.57. The fourth-order valence-electron chi connectivity index (χ4n) is 3.17. The molecule has 136 valence electrons. The number of halogens is 4. The predicted octanol–water partition coefficient (Wildman–Crippen LogP) is 7.42. The van der Waals surface area contributed by atoms with E-state index >= 15 is 0 Å². The molecule has 0 saturated carbocycles. The lowest BCUT2D eigenvalue weighted by atomic mass is 10.0. The standard InChI is InChI=1S/C20H13Cl4N3/c1-27(15-9-13(21)17(22)19(24)18(15)23)20(25)26-14-8-7-11-6-5-10-3-2-4-12(14)16(10)11/h2-9H,1H3,(H2,25,26). The highest BCUT2D eigenvalue weighted by Gasteiger charge is 2.19. The molecular formula is C20H13Cl4N3. The van der Waals surface area contributed by atoms with E-state index in [-0.39, 0.29) is 26.1 Å². The first-order chi connectivity index (χ1) is 12.9. The van der Waals surface area contributed by atoms with Crippen LogP contribution in [0.1, 0.15) is 11.1 Å². The van der Waals surface area contributed by atoms with Crippen molar-refractivity contribution in [1.82, 2.24) is 0 Å². The van der Waals surface area contributed by atoms with E-state index in [9.17, 15) is 0 Å². The zero-order valence-electron chi connectivity index (χ0n) is 14.1. The molecule has 0 radical (unpaired) electrons. The molecule has 2 N–H and O–H groups in total. The Morgan fingerprint density at radius 2 is 1.63 bits per heavy atom. The Morgan fingerprint density at radius 3 is 2.37 bits per heavy atom. The Bertz CT molecular complexity index is 1130. The van der Waals surface area contributed by atoms with Crippen molar-refractivity contribution in [2.45, 2.75) is 0 Å². The number of hydrogen-bond donors (Lipinski definition) is 2. The van der Waals surface area contributed by atoms with E-state index in [1.807, 2.05) is 24.3 Å². The van der Waals surface area contributed by atoms with Gasteiger partial charge in [-0.15, -0.1) is 0 Å². The van der Waals surface area contributed by atoms with Gasteiger partial charge < -0.3 is 10.2 Å². The van der Waals surface area contributed by atoms with E-state index in [1.165, 1.54) is 16.5 Å². The van der Waals surface area contributed by atoms with Crippen molar-refractivity contribution >= 4 is 86.7 Å². The molecule has 0 unspecified atom stereocenters. The van der Waals surface area contributed by atoms with Crippen LogP contribution in [0.2, 0.25) is 20.1 Å². The molecule has 3 aromatic carbocycles. The molecule has 1 aliphatic carbocycles. The minimum atomic E-state index is 0.123. The topological polar surface area (TPSA) is 39.1 Å². The van der Waals surface area contributed by atoms with Crippen LogP contribution >= 0.6 is 46.4 Å². The molecule has 3 nitrogen and oxygen atoms in total. The van der Waals surface area contributed by atoms with Gasteiger partial charge in [-0.2, -0.15) is 0 Å². The Morgan fingerprint density at radius 1 is 0.926 bits per heavy atom. The minimum Gasteiger partial charge on any atom is -0.326 e. The van der Waals surface area contributed by atoms with E-state index in [4.69, 9.17) is 51.8 Å². The lowest BCUT2D eigenvalue weighted by Crippen LogP contribution is -2.32. The van der Waals surface area contributed by atoms with E-state index in [0.29, 0.717) is 5.69 Å². The number of anilines is 2. The SMILES string of the molecule is CN(C(=N)Nc1ccc2c3c(cccc13)C=C2)c1cc(Cl)c(Cl)c(Cl)c1Cl. The summed E-state index contributed by atoms with van der Waals surface area (Å²) in [6.45, 7) is 0.